The summed E-state index contributed by atoms with van der Waals surface area (Å²) in [5.41, 5.74) is 1.92. The zero-order valence-corrected chi connectivity index (χ0v) is 8.54. The van der Waals surface area contributed by atoms with E-state index in [-0.39, 0.29) is 0 Å². The Morgan fingerprint density at radius 3 is 2.50 bits per heavy atom. The number of ether oxygens (including phenoxy) is 1. The zero-order valence-electron chi connectivity index (χ0n) is 7.03. The van der Waals surface area contributed by atoms with E-state index < -0.39 is 0 Å². The van der Waals surface area contributed by atoms with Crippen molar-refractivity contribution < 1.29 is 4.74 Å². The third-order valence-corrected chi connectivity index (χ3v) is 2.36. The second kappa shape index (κ2) is 4.01. The summed E-state index contributed by atoms with van der Waals surface area (Å²) in [5.74, 6) is 1.17. The van der Waals surface area contributed by atoms with Crippen molar-refractivity contribution in [2.24, 2.45) is 0 Å². The maximum atomic E-state index is 5.92. The van der Waals surface area contributed by atoms with Gasteiger partial charge in [0.2, 0.25) is 0 Å². The molecule has 0 radical (unpaired) electrons. The summed E-state index contributed by atoms with van der Waals surface area (Å²) in [6.07, 6.45) is 0. The van der Waals surface area contributed by atoms with Crippen LogP contribution in [0, 0.1) is 6.92 Å². The van der Waals surface area contributed by atoms with Crippen LogP contribution in [0.4, 0.5) is 0 Å². The van der Waals surface area contributed by atoms with E-state index in [0.717, 1.165) is 16.9 Å². The Labute approximate surface area is 82.2 Å². The van der Waals surface area contributed by atoms with Crippen LogP contribution in [0.1, 0.15) is 11.1 Å². The summed E-state index contributed by atoms with van der Waals surface area (Å²) in [6.45, 7) is 1.96. The third kappa shape index (κ3) is 1.67. The molecule has 12 heavy (non-hydrogen) atoms. The van der Waals surface area contributed by atoms with Crippen LogP contribution >= 0.6 is 23.2 Å². The SMILES string of the molecule is COc1c(C)ccc(Cl)c1CCl. The van der Waals surface area contributed by atoms with E-state index in [1.165, 1.54) is 0 Å². The molecule has 0 unspecified atom stereocenters. The fourth-order valence-corrected chi connectivity index (χ4v) is 1.68. The van der Waals surface area contributed by atoms with Gasteiger partial charge in [-0.15, -0.1) is 11.6 Å². The molecule has 0 aliphatic carbocycles. The van der Waals surface area contributed by atoms with Gasteiger partial charge in [0.25, 0.3) is 0 Å². The predicted molar refractivity (Wildman–Crippen MR) is 52.3 cm³/mol. The Balaban J connectivity index is 3.28. The van der Waals surface area contributed by atoms with Gasteiger partial charge in [-0.2, -0.15) is 0 Å². The molecule has 0 spiro atoms. The summed E-state index contributed by atoms with van der Waals surface area (Å²) in [6, 6.07) is 3.74. The van der Waals surface area contributed by atoms with E-state index >= 15 is 0 Å². The highest BCUT2D eigenvalue weighted by Crippen LogP contribution is 2.30. The predicted octanol–water partition coefficient (Wildman–Crippen LogP) is 3.40. The molecule has 0 saturated carbocycles. The molecule has 0 N–H and O–H groups in total. The highest BCUT2D eigenvalue weighted by Gasteiger charge is 2.08. The molecule has 1 aromatic carbocycles. The summed E-state index contributed by atoms with van der Waals surface area (Å²) >= 11 is 11.6. The second-order valence-electron chi connectivity index (χ2n) is 2.51. The van der Waals surface area contributed by atoms with Crippen LogP contribution in [0.15, 0.2) is 12.1 Å². The van der Waals surface area contributed by atoms with Gasteiger partial charge in [-0.05, 0) is 18.6 Å². The van der Waals surface area contributed by atoms with Gasteiger partial charge in [-0.3, -0.25) is 0 Å². The van der Waals surface area contributed by atoms with Crippen molar-refractivity contribution >= 4 is 23.2 Å². The Bertz CT molecular complexity index is 255. The number of halogens is 2. The standard InChI is InChI=1S/C9H10Cl2O/c1-6-3-4-8(11)7(5-10)9(6)12-2/h3-4H,5H2,1-2H3. The first-order chi connectivity index (χ1) is 5.70. The molecule has 0 atom stereocenters. The lowest BCUT2D eigenvalue weighted by atomic mass is 10.1. The molecular formula is C9H10Cl2O. The first kappa shape index (κ1) is 9.69. The molecule has 0 amide bonds. The Morgan fingerprint density at radius 2 is 2.08 bits per heavy atom. The van der Waals surface area contributed by atoms with Crippen molar-refractivity contribution in [2.45, 2.75) is 12.8 Å². The van der Waals surface area contributed by atoms with Crippen molar-refractivity contribution in [1.29, 1.82) is 0 Å². The lowest BCUT2D eigenvalue weighted by Gasteiger charge is -2.10. The molecule has 1 aromatic rings. The van der Waals surface area contributed by atoms with Crippen molar-refractivity contribution in [3.63, 3.8) is 0 Å². The number of methoxy groups -OCH3 is 1. The molecule has 3 heteroatoms. The van der Waals surface area contributed by atoms with E-state index in [4.69, 9.17) is 27.9 Å². The van der Waals surface area contributed by atoms with Gasteiger partial charge in [0.1, 0.15) is 5.75 Å². The van der Waals surface area contributed by atoms with Crippen LogP contribution in [-0.4, -0.2) is 7.11 Å². The zero-order chi connectivity index (χ0) is 9.14. The molecule has 0 aliphatic heterocycles. The number of benzene rings is 1. The van der Waals surface area contributed by atoms with Crippen LogP contribution in [0.25, 0.3) is 0 Å². The summed E-state index contributed by atoms with van der Waals surface area (Å²) in [7, 11) is 1.62. The molecular weight excluding hydrogens is 195 g/mol. The van der Waals surface area contributed by atoms with Crippen molar-refractivity contribution in [2.75, 3.05) is 7.11 Å². The van der Waals surface area contributed by atoms with Crippen LogP contribution in [0.2, 0.25) is 5.02 Å². The quantitative estimate of drug-likeness (QED) is 0.672. The lowest BCUT2D eigenvalue weighted by Crippen LogP contribution is -1.93. The first-order valence-corrected chi connectivity index (χ1v) is 4.50. The van der Waals surface area contributed by atoms with Gasteiger partial charge in [0.05, 0.1) is 13.0 Å². The van der Waals surface area contributed by atoms with Gasteiger partial charge in [0, 0.05) is 10.6 Å². The van der Waals surface area contributed by atoms with E-state index in [1.807, 2.05) is 19.1 Å². The topological polar surface area (TPSA) is 9.23 Å². The minimum absolute atomic E-state index is 0.379. The first-order valence-electron chi connectivity index (χ1n) is 3.58. The van der Waals surface area contributed by atoms with E-state index in [2.05, 4.69) is 0 Å². The molecule has 66 valence electrons. The average Bonchev–Trinajstić information content (AvgIpc) is 2.08. The van der Waals surface area contributed by atoms with Crippen molar-refractivity contribution in [1.82, 2.24) is 0 Å². The molecule has 0 aromatic heterocycles. The smallest absolute Gasteiger partial charge is 0.127 e. The molecule has 1 rings (SSSR count). The molecule has 0 heterocycles. The van der Waals surface area contributed by atoms with Crippen LogP contribution < -0.4 is 4.74 Å². The molecule has 0 saturated heterocycles. The Hall–Kier alpha value is -0.400. The summed E-state index contributed by atoms with van der Waals surface area (Å²) < 4.78 is 5.18. The van der Waals surface area contributed by atoms with Gasteiger partial charge in [0.15, 0.2) is 0 Å². The van der Waals surface area contributed by atoms with E-state index in [0.29, 0.717) is 10.9 Å². The van der Waals surface area contributed by atoms with Crippen LogP contribution in [0.3, 0.4) is 0 Å². The largest absolute Gasteiger partial charge is 0.496 e. The number of hydrogen-bond donors (Lipinski definition) is 0. The number of rotatable bonds is 2. The summed E-state index contributed by atoms with van der Waals surface area (Å²) in [4.78, 5) is 0. The number of alkyl halides is 1. The lowest BCUT2D eigenvalue weighted by molar-refractivity contribution is 0.408. The third-order valence-electron chi connectivity index (χ3n) is 1.74. The second-order valence-corrected chi connectivity index (χ2v) is 3.18. The van der Waals surface area contributed by atoms with Crippen molar-refractivity contribution in [3.8, 4) is 5.75 Å². The minimum Gasteiger partial charge on any atom is -0.496 e. The fraction of sp³-hybridized carbons (Fsp3) is 0.333. The van der Waals surface area contributed by atoms with Gasteiger partial charge >= 0.3 is 0 Å². The molecule has 0 aliphatic rings. The van der Waals surface area contributed by atoms with Gasteiger partial charge in [-0.25, -0.2) is 0 Å². The monoisotopic (exact) mass is 204 g/mol. The molecule has 0 fully saturated rings. The highest BCUT2D eigenvalue weighted by atomic mass is 35.5. The number of aryl methyl sites for hydroxylation is 1. The Kier molecular flexibility index (Phi) is 3.24. The minimum atomic E-state index is 0.379. The molecule has 0 bridgehead atoms. The van der Waals surface area contributed by atoms with E-state index in [1.54, 1.807) is 7.11 Å². The van der Waals surface area contributed by atoms with Crippen molar-refractivity contribution in [3.05, 3.63) is 28.3 Å². The van der Waals surface area contributed by atoms with Gasteiger partial charge < -0.3 is 4.74 Å². The average molecular weight is 205 g/mol. The number of hydrogen-bond acceptors (Lipinski definition) is 1. The van der Waals surface area contributed by atoms with Gasteiger partial charge in [-0.1, -0.05) is 17.7 Å². The normalized spacial score (nSPS) is 10.0. The van der Waals surface area contributed by atoms with E-state index in [9.17, 15) is 0 Å². The summed E-state index contributed by atoms with van der Waals surface area (Å²) in [5, 5.41) is 0.660. The Morgan fingerprint density at radius 1 is 1.42 bits per heavy atom. The maximum absolute atomic E-state index is 5.92. The maximum Gasteiger partial charge on any atom is 0.127 e. The fourth-order valence-electron chi connectivity index (χ4n) is 1.13. The highest BCUT2D eigenvalue weighted by molar-refractivity contribution is 6.32. The van der Waals surface area contributed by atoms with Crippen LogP contribution in [-0.2, 0) is 5.88 Å². The molecule has 1 nitrogen and oxygen atoms in total. The van der Waals surface area contributed by atoms with Crippen LogP contribution in [0.5, 0.6) is 5.75 Å².